The van der Waals surface area contributed by atoms with Crippen LogP contribution in [0.2, 0.25) is 0 Å². The number of H-pyrrole nitrogens is 1. The third-order valence-electron chi connectivity index (χ3n) is 4.14. The van der Waals surface area contributed by atoms with Crippen molar-refractivity contribution in [1.29, 1.82) is 0 Å². The Morgan fingerprint density at radius 3 is 2.52 bits per heavy atom. The molecule has 6 heteroatoms. The molecule has 0 aliphatic rings. The van der Waals surface area contributed by atoms with Crippen LogP contribution in [0.5, 0.6) is 0 Å². The van der Waals surface area contributed by atoms with Crippen LogP contribution in [0, 0.1) is 0 Å². The zero-order valence-corrected chi connectivity index (χ0v) is 13.9. The molecule has 0 aliphatic carbocycles. The molecular formula is C19H16N4O2. The van der Waals surface area contributed by atoms with Crippen LogP contribution in [-0.4, -0.2) is 19.5 Å². The number of hydrogen-bond acceptors (Lipinski definition) is 4. The lowest BCUT2D eigenvalue weighted by Gasteiger charge is -2.15. The molecule has 0 spiro atoms. The molecule has 4 aromatic rings. The van der Waals surface area contributed by atoms with E-state index in [1.54, 1.807) is 12.1 Å². The Balaban J connectivity index is 2.22. The van der Waals surface area contributed by atoms with E-state index in [9.17, 15) is 9.59 Å². The van der Waals surface area contributed by atoms with Crippen molar-refractivity contribution in [2.45, 2.75) is 19.8 Å². The SMILES string of the molecule is CC(C)c1nc2[nH]c3cccnc3c(=O)c2c(=O)n1-c1ccccc1. The van der Waals surface area contributed by atoms with E-state index in [1.165, 1.54) is 10.8 Å². The van der Waals surface area contributed by atoms with E-state index in [4.69, 9.17) is 0 Å². The fourth-order valence-electron chi connectivity index (χ4n) is 2.98. The van der Waals surface area contributed by atoms with Crippen molar-refractivity contribution in [3.8, 4) is 5.69 Å². The number of benzene rings is 1. The summed E-state index contributed by atoms with van der Waals surface area (Å²) >= 11 is 0. The molecule has 0 saturated heterocycles. The molecule has 0 fully saturated rings. The van der Waals surface area contributed by atoms with Crippen LogP contribution < -0.4 is 11.0 Å². The van der Waals surface area contributed by atoms with Gasteiger partial charge < -0.3 is 4.98 Å². The molecule has 3 aromatic heterocycles. The number of para-hydroxylation sites is 1. The van der Waals surface area contributed by atoms with E-state index < -0.39 is 5.43 Å². The minimum absolute atomic E-state index is 0.00500. The van der Waals surface area contributed by atoms with Crippen molar-refractivity contribution in [3.63, 3.8) is 0 Å². The van der Waals surface area contributed by atoms with E-state index >= 15 is 0 Å². The summed E-state index contributed by atoms with van der Waals surface area (Å²) in [6, 6.07) is 12.7. The second kappa shape index (κ2) is 5.66. The minimum Gasteiger partial charge on any atom is -0.337 e. The summed E-state index contributed by atoms with van der Waals surface area (Å²) in [4.78, 5) is 37.8. The summed E-state index contributed by atoms with van der Waals surface area (Å²) < 4.78 is 1.51. The van der Waals surface area contributed by atoms with Crippen LogP contribution in [0.15, 0.2) is 58.3 Å². The van der Waals surface area contributed by atoms with Crippen molar-refractivity contribution in [2.75, 3.05) is 0 Å². The molecule has 0 bridgehead atoms. The van der Waals surface area contributed by atoms with Crippen LogP contribution in [-0.2, 0) is 0 Å². The first-order valence-electron chi connectivity index (χ1n) is 8.07. The second-order valence-electron chi connectivity index (χ2n) is 6.18. The highest BCUT2D eigenvalue weighted by Gasteiger charge is 2.19. The lowest BCUT2D eigenvalue weighted by molar-refractivity contribution is 0.721. The van der Waals surface area contributed by atoms with Gasteiger partial charge in [-0.2, -0.15) is 0 Å². The van der Waals surface area contributed by atoms with E-state index in [1.807, 2.05) is 44.2 Å². The van der Waals surface area contributed by atoms with Crippen LogP contribution in [0.3, 0.4) is 0 Å². The molecule has 25 heavy (non-hydrogen) atoms. The molecule has 1 N–H and O–H groups in total. The number of hydrogen-bond donors (Lipinski definition) is 1. The Kier molecular flexibility index (Phi) is 3.46. The van der Waals surface area contributed by atoms with Crippen LogP contribution in [0.4, 0.5) is 0 Å². The lowest BCUT2D eigenvalue weighted by Crippen LogP contribution is -2.29. The first kappa shape index (κ1) is 15.3. The quantitative estimate of drug-likeness (QED) is 0.572. The molecule has 0 radical (unpaired) electrons. The Hall–Kier alpha value is -3.28. The van der Waals surface area contributed by atoms with Gasteiger partial charge >= 0.3 is 0 Å². The van der Waals surface area contributed by atoms with Gasteiger partial charge in [-0.3, -0.25) is 19.1 Å². The normalized spacial score (nSPS) is 11.5. The second-order valence-corrected chi connectivity index (χ2v) is 6.18. The largest absolute Gasteiger partial charge is 0.337 e. The number of pyridine rings is 2. The monoisotopic (exact) mass is 332 g/mol. The van der Waals surface area contributed by atoms with E-state index in [0.29, 0.717) is 22.7 Å². The summed E-state index contributed by atoms with van der Waals surface area (Å²) in [5.41, 5.74) is 1.01. The molecule has 4 rings (SSSR count). The molecule has 0 saturated carbocycles. The van der Waals surface area contributed by atoms with E-state index in [2.05, 4.69) is 15.0 Å². The zero-order valence-electron chi connectivity index (χ0n) is 13.9. The van der Waals surface area contributed by atoms with Crippen molar-refractivity contribution in [3.05, 3.63) is 75.1 Å². The van der Waals surface area contributed by atoms with E-state index in [-0.39, 0.29) is 22.4 Å². The summed E-state index contributed by atoms with van der Waals surface area (Å²) in [6.45, 7) is 3.93. The average Bonchev–Trinajstić information content (AvgIpc) is 2.62. The van der Waals surface area contributed by atoms with Gasteiger partial charge in [0.05, 0.1) is 11.2 Å². The van der Waals surface area contributed by atoms with Crippen molar-refractivity contribution in [1.82, 2.24) is 19.5 Å². The van der Waals surface area contributed by atoms with Crippen molar-refractivity contribution in [2.24, 2.45) is 0 Å². The number of nitrogens with zero attached hydrogens (tertiary/aromatic N) is 3. The van der Waals surface area contributed by atoms with Gasteiger partial charge in [-0.05, 0) is 24.3 Å². The average molecular weight is 332 g/mol. The van der Waals surface area contributed by atoms with Crippen molar-refractivity contribution >= 4 is 22.1 Å². The van der Waals surface area contributed by atoms with Crippen LogP contribution >= 0.6 is 0 Å². The highest BCUT2D eigenvalue weighted by atomic mass is 16.1. The predicted molar refractivity (Wildman–Crippen MR) is 97.4 cm³/mol. The van der Waals surface area contributed by atoms with Gasteiger partial charge in [0.1, 0.15) is 22.4 Å². The summed E-state index contributed by atoms with van der Waals surface area (Å²) in [6.07, 6.45) is 1.54. The van der Waals surface area contributed by atoms with Gasteiger partial charge in [-0.1, -0.05) is 32.0 Å². The summed E-state index contributed by atoms with van der Waals surface area (Å²) in [5, 5.41) is 0.0273. The van der Waals surface area contributed by atoms with Crippen LogP contribution in [0.25, 0.3) is 27.8 Å². The van der Waals surface area contributed by atoms with Gasteiger partial charge in [-0.25, -0.2) is 4.98 Å². The predicted octanol–water partition coefficient (Wildman–Crippen LogP) is 2.75. The summed E-state index contributed by atoms with van der Waals surface area (Å²) in [7, 11) is 0. The highest BCUT2D eigenvalue weighted by Crippen LogP contribution is 2.18. The smallest absolute Gasteiger partial charge is 0.271 e. The fourth-order valence-corrected chi connectivity index (χ4v) is 2.98. The van der Waals surface area contributed by atoms with Gasteiger partial charge in [0.2, 0.25) is 5.43 Å². The Morgan fingerprint density at radius 1 is 1.04 bits per heavy atom. The number of rotatable bonds is 2. The van der Waals surface area contributed by atoms with Crippen molar-refractivity contribution < 1.29 is 0 Å². The first-order chi connectivity index (χ1) is 12.1. The maximum Gasteiger partial charge on any atom is 0.271 e. The fraction of sp³-hybridized carbons (Fsp3) is 0.158. The third-order valence-corrected chi connectivity index (χ3v) is 4.14. The Bertz CT molecular complexity index is 1210. The topological polar surface area (TPSA) is 80.6 Å². The van der Waals surface area contributed by atoms with Crippen LogP contribution in [0.1, 0.15) is 25.6 Å². The first-order valence-corrected chi connectivity index (χ1v) is 8.07. The maximum absolute atomic E-state index is 13.2. The van der Waals surface area contributed by atoms with E-state index in [0.717, 1.165) is 0 Å². The number of nitrogens with one attached hydrogen (secondary N) is 1. The number of aromatic amines is 1. The zero-order chi connectivity index (χ0) is 17.6. The summed E-state index contributed by atoms with van der Waals surface area (Å²) in [5.74, 6) is 0.605. The lowest BCUT2D eigenvalue weighted by atomic mass is 10.1. The number of aromatic nitrogens is 4. The molecule has 0 atom stereocenters. The Labute approximate surface area is 142 Å². The van der Waals surface area contributed by atoms with Gasteiger partial charge in [0, 0.05) is 12.1 Å². The van der Waals surface area contributed by atoms with Gasteiger partial charge in [0.25, 0.3) is 5.56 Å². The maximum atomic E-state index is 13.2. The molecule has 3 heterocycles. The molecule has 124 valence electrons. The molecular weight excluding hydrogens is 316 g/mol. The Morgan fingerprint density at radius 2 is 1.80 bits per heavy atom. The molecule has 0 amide bonds. The molecule has 0 unspecified atom stereocenters. The molecule has 0 aliphatic heterocycles. The van der Waals surface area contributed by atoms with Gasteiger partial charge in [0.15, 0.2) is 0 Å². The third kappa shape index (κ3) is 2.34. The molecule has 1 aromatic carbocycles. The molecule has 6 nitrogen and oxygen atoms in total. The number of fused-ring (bicyclic) bond motifs is 2. The highest BCUT2D eigenvalue weighted by molar-refractivity contribution is 5.88. The standard InChI is InChI=1S/C19H16N4O2/c1-11(2)18-22-17-14(16(24)15-13(21-17)9-6-10-20-15)19(25)23(18)12-7-4-3-5-8-12/h3-11H,1-2H3,(H,21,24). The minimum atomic E-state index is -0.401. The van der Waals surface area contributed by atoms with Gasteiger partial charge in [-0.15, -0.1) is 0 Å².